The van der Waals surface area contributed by atoms with E-state index in [-0.39, 0.29) is 17.4 Å². The predicted molar refractivity (Wildman–Crippen MR) is 73.5 cm³/mol. The Balaban J connectivity index is 2.25. The van der Waals surface area contributed by atoms with E-state index >= 15 is 0 Å². The molecule has 0 bridgehead atoms. The van der Waals surface area contributed by atoms with Gasteiger partial charge < -0.3 is 11.1 Å². The maximum atomic E-state index is 11.8. The van der Waals surface area contributed by atoms with Gasteiger partial charge in [0.15, 0.2) is 0 Å². The van der Waals surface area contributed by atoms with Gasteiger partial charge in [-0.2, -0.15) is 0 Å². The van der Waals surface area contributed by atoms with Gasteiger partial charge in [-0.05, 0) is 35.4 Å². The molecule has 1 atom stereocenters. The summed E-state index contributed by atoms with van der Waals surface area (Å²) in [4.78, 5) is 11.8. The SMILES string of the molecule is CC(C)(C)CC(N)c1ccc2c(c1)C(=O)NCC2. The minimum Gasteiger partial charge on any atom is -0.352 e. The van der Waals surface area contributed by atoms with Gasteiger partial charge in [0.2, 0.25) is 0 Å². The molecule has 0 saturated heterocycles. The van der Waals surface area contributed by atoms with Crippen molar-refractivity contribution in [2.75, 3.05) is 6.54 Å². The van der Waals surface area contributed by atoms with Crippen molar-refractivity contribution in [3.05, 3.63) is 34.9 Å². The normalized spacial score (nSPS) is 17.0. The fourth-order valence-corrected chi connectivity index (χ4v) is 2.44. The first-order valence-corrected chi connectivity index (χ1v) is 6.53. The Morgan fingerprint density at radius 3 is 2.78 bits per heavy atom. The molecule has 0 aromatic heterocycles. The van der Waals surface area contributed by atoms with E-state index in [4.69, 9.17) is 5.73 Å². The van der Waals surface area contributed by atoms with Gasteiger partial charge in [0.05, 0.1) is 0 Å². The molecule has 18 heavy (non-hydrogen) atoms. The molecule has 1 aliphatic rings. The van der Waals surface area contributed by atoms with E-state index in [1.54, 1.807) is 0 Å². The first kappa shape index (κ1) is 13.1. The van der Waals surface area contributed by atoms with Crippen LogP contribution in [0.2, 0.25) is 0 Å². The summed E-state index contributed by atoms with van der Waals surface area (Å²) in [6.45, 7) is 7.27. The molecule has 0 aliphatic carbocycles. The molecule has 1 aromatic carbocycles. The summed E-state index contributed by atoms with van der Waals surface area (Å²) >= 11 is 0. The van der Waals surface area contributed by atoms with E-state index in [0.717, 1.165) is 36.1 Å². The fraction of sp³-hybridized carbons (Fsp3) is 0.533. The van der Waals surface area contributed by atoms with E-state index in [1.807, 2.05) is 12.1 Å². The Labute approximate surface area is 109 Å². The van der Waals surface area contributed by atoms with E-state index in [2.05, 4.69) is 32.2 Å². The molecule has 2 rings (SSSR count). The number of hydrogen-bond acceptors (Lipinski definition) is 2. The van der Waals surface area contributed by atoms with Crippen LogP contribution in [0.5, 0.6) is 0 Å². The number of nitrogens with one attached hydrogen (secondary N) is 1. The highest BCUT2D eigenvalue weighted by molar-refractivity contribution is 5.96. The Morgan fingerprint density at radius 1 is 1.39 bits per heavy atom. The first-order chi connectivity index (χ1) is 8.37. The van der Waals surface area contributed by atoms with Crippen LogP contribution in [0.1, 0.15) is 54.7 Å². The smallest absolute Gasteiger partial charge is 0.251 e. The minimum absolute atomic E-state index is 0.00923. The molecule has 3 heteroatoms. The van der Waals surface area contributed by atoms with Crippen LogP contribution in [-0.4, -0.2) is 12.5 Å². The van der Waals surface area contributed by atoms with Crippen molar-refractivity contribution in [2.24, 2.45) is 11.1 Å². The van der Waals surface area contributed by atoms with Crippen LogP contribution in [0.3, 0.4) is 0 Å². The lowest BCUT2D eigenvalue weighted by molar-refractivity contribution is 0.0946. The predicted octanol–water partition coefficient (Wildman–Crippen LogP) is 2.41. The van der Waals surface area contributed by atoms with Crippen LogP contribution < -0.4 is 11.1 Å². The lowest BCUT2D eigenvalue weighted by Gasteiger charge is -2.25. The van der Waals surface area contributed by atoms with Crippen LogP contribution in [0.25, 0.3) is 0 Å². The molecule has 1 aromatic rings. The second-order valence-electron chi connectivity index (χ2n) is 6.29. The zero-order valence-electron chi connectivity index (χ0n) is 11.4. The van der Waals surface area contributed by atoms with E-state index < -0.39 is 0 Å². The zero-order chi connectivity index (χ0) is 13.3. The Hall–Kier alpha value is -1.35. The van der Waals surface area contributed by atoms with Crippen molar-refractivity contribution < 1.29 is 4.79 Å². The van der Waals surface area contributed by atoms with Crippen molar-refractivity contribution in [2.45, 2.75) is 39.7 Å². The van der Waals surface area contributed by atoms with Crippen molar-refractivity contribution in [1.29, 1.82) is 0 Å². The highest BCUT2D eigenvalue weighted by Gasteiger charge is 2.21. The molecular formula is C15H22N2O. The van der Waals surface area contributed by atoms with Gasteiger partial charge in [0.25, 0.3) is 5.91 Å². The number of benzene rings is 1. The molecule has 1 unspecified atom stereocenters. The molecule has 3 nitrogen and oxygen atoms in total. The maximum absolute atomic E-state index is 11.8. The summed E-state index contributed by atoms with van der Waals surface area (Å²) in [5.74, 6) is 0.0288. The van der Waals surface area contributed by atoms with Crippen molar-refractivity contribution in [3.63, 3.8) is 0 Å². The average Bonchev–Trinajstić information content (AvgIpc) is 2.27. The standard InChI is InChI=1S/C15H22N2O/c1-15(2,3)9-13(16)11-5-4-10-6-7-17-14(18)12(10)8-11/h4-5,8,13H,6-7,9,16H2,1-3H3,(H,17,18). The van der Waals surface area contributed by atoms with Crippen LogP contribution in [0, 0.1) is 5.41 Å². The minimum atomic E-state index is -0.00923. The number of nitrogens with two attached hydrogens (primary N) is 1. The van der Waals surface area contributed by atoms with Crippen LogP contribution >= 0.6 is 0 Å². The molecule has 0 saturated carbocycles. The third kappa shape index (κ3) is 2.91. The highest BCUT2D eigenvalue weighted by Crippen LogP contribution is 2.29. The maximum Gasteiger partial charge on any atom is 0.251 e. The number of fused-ring (bicyclic) bond motifs is 1. The summed E-state index contributed by atoms with van der Waals surface area (Å²) in [5, 5.41) is 2.87. The van der Waals surface area contributed by atoms with Gasteiger partial charge in [0.1, 0.15) is 0 Å². The van der Waals surface area contributed by atoms with Crippen LogP contribution in [0.15, 0.2) is 18.2 Å². The van der Waals surface area contributed by atoms with Gasteiger partial charge in [-0.25, -0.2) is 0 Å². The summed E-state index contributed by atoms with van der Waals surface area (Å²) in [6, 6.07) is 6.06. The lowest BCUT2D eigenvalue weighted by Crippen LogP contribution is -2.32. The topological polar surface area (TPSA) is 55.1 Å². The molecule has 98 valence electrons. The van der Waals surface area contributed by atoms with Crippen molar-refractivity contribution in [1.82, 2.24) is 5.32 Å². The molecule has 1 heterocycles. The van der Waals surface area contributed by atoms with Gasteiger partial charge in [-0.15, -0.1) is 0 Å². The number of hydrogen-bond donors (Lipinski definition) is 2. The molecule has 1 aliphatic heterocycles. The summed E-state index contributed by atoms with van der Waals surface area (Å²) < 4.78 is 0. The molecule has 0 radical (unpaired) electrons. The number of carbonyl (C=O) groups is 1. The molecule has 0 spiro atoms. The van der Waals surface area contributed by atoms with Gasteiger partial charge in [0, 0.05) is 18.2 Å². The third-order valence-corrected chi connectivity index (χ3v) is 3.32. The number of carbonyl (C=O) groups excluding carboxylic acids is 1. The second-order valence-corrected chi connectivity index (χ2v) is 6.29. The van der Waals surface area contributed by atoms with Crippen LogP contribution in [-0.2, 0) is 6.42 Å². The van der Waals surface area contributed by atoms with E-state index in [9.17, 15) is 4.79 Å². The van der Waals surface area contributed by atoms with Gasteiger partial charge >= 0.3 is 0 Å². The Bertz CT molecular complexity index is 460. The third-order valence-electron chi connectivity index (χ3n) is 3.32. The number of rotatable bonds is 2. The zero-order valence-corrected chi connectivity index (χ0v) is 11.4. The fourth-order valence-electron chi connectivity index (χ4n) is 2.44. The Morgan fingerprint density at radius 2 is 2.11 bits per heavy atom. The molecule has 1 amide bonds. The van der Waals surface area contributed by atoms with Gasteiger partial charge in [-0.1, -0.05) is 32.9 Å². The monoisotopic (exact) mass is 246 g/mol. The molecule has 0 fully saturated rings. The Kier molecular flexibility index (Phi) is 3.44. The summed E-state index contributed by atoms with van der Waals surface area (Å²) in [5.41, 5.74) is 9.40. The highest BCUT2D eigenvalue weighted by atomic mass is 16.1. The second kappa shape index (κ2) is 4.73. The summed E-state index contributed by atoms with van der Waals surface area (Å²) in [6.07, 6.45) is 1.82. The van der Waals surface area contributed by atoms with E-state index in [1.165, 1.54) is 0 Å². The van der Waals surface area contributed by atoms with E-state index in [0.29, 0.717) is 0 Å². The van der Waals surface area contributed by atoms with Crippen molar-refractivity contribution in [3.8, 4) is 0 Å². The number of amides is 1. The summed E-state index contributed by atoms with van der Waals surface area (Å²) in [7, 11) is 0. The average molecular weight is 246 g/mol. The largest absolute Gasteiger partial charge is 0.352 e. The lowest BCUT2D eigenvalue weighted by atomic mass is 9.85. The first-order valence-electron chi connectivity index (χ1n) is 6.53. The van der Waals surface area contributed by atoms with Gasteiger partial charge in [-0.3, -0.25) is 4.79 Å². The molecular weight excluding hydrogens is 224 g/mol. The quantitative estimate of drug-likeness (QED) is 0.842. The molecule has 3 N–H and O–H groups in total. The van der Waals surface area contributed by atoms with Crippen molar-refractivity contribution >= 4 is 5.91 Å². The van der Waals surface area contributed by atoms with Crippen LogP contribution in [0.4, 0.5) is 0 Å².